The first-order chi connectivity index (χ1) is 11.9. The van der Waals surface area contributed by atoms with E-state index in [1.54, 1.807) is 31.2 Å². The topological polar surface area (TPSA) is 70.2 Å². The predicted octanol–water partition coefficient (Wildman–Crippen LogP) is 4.70. The summed E-state index contributed by atoms with van der Waals surface area (Å²) in [7, 11) is 0. The third-order valence-electron chi connectivity index (χ3n) is 3.49. The molecule has 3 N–H and O–H groups in total. The Morgan fingerprint density at radius 1 is 0.960 bits per heavy atom. The molecule has 2 amide bonds. The molecule has 2 aromatic carbocycles. The van der Waals surface area contributed by atoms with Gasteiger partial charge in [-0.25, -0.2) is 0 Å². The molecule has 0 aliphatic carbocycles. The largest absolute Gasteiger partial charge is 0.376 e. The van der Waals surface area contributed by atoms with Gasteiger partial charge >= 0.3 is 0 Å². The lowest BCUT2D eigenvalue weighted by molar-refractivity contribution is -0.116. The molecule has 0 saturated carbocycles. The molecule has 7 heteroatoms. The van der Waals surface area contributed by atoms with Gasteiger partial charge in [-0.3, -0.25) is 9.59 Å². The van der Waals surface area contributed by atoms with Crippen molar-refractivity contribution in [1.29, 1.82) is 0 Å². The van der Waals surface area contributed by atoms with Gasteiger partial charge in [0.2, 0.25) is 11.8 Å². The number of aryl methyl sites for hydroxylation is 1. The molecule has 0 aliphatic heterocycles. The SMILES string of the molecule is CCC(=O)Nc1cc(NCC(=O)Nc2cc(Cl)ccc2Cl)ccc1C. The number of nitrogens with one attached hydrogen (secondary N) is 3. The number of carbonyl (C=O) groups excluding carboxylic acids is 2. The number of benzene rings is 2. The Morgan fingerprint density at radius 3 is 2.40 bits per heavy atom. The van der Waals surface area contributed by atoms with Crippen molar-refractivity contribution in [3.63, 3.8) is 0 Å². The average Bonchev–Trinajstić information content (AvgIpc) is 2.58. The molecule has 0 unspecified atom stereocenters. The predicted molar refractivity (Wildman–Crippen MR) is 104 cm³/mol. The Hall–Kier alpha value is -2.24. The van der Waals surface area contributed by atoms with Crippen LogP contribution in [0.3, 0.4) is 0 Å². The summed E-state index contributed by atoms with van der Waals surface area (Å²) in [6.07, 6.45) is 0.403. The zero-order chi connectivity index (χ0) is 18.4. The van der Waals surface area contributed by atoms with Crippen molar-refractivity contribution in [1.82, 2.24) is 0 Å². The summed E-state index contributed by atoms with van der Waals surface area (Å²) in [4.78, 5) is 23.6. The minimum atomic E-state index is -0.260. The van der Waals surface area contributed by atoms with E-state index >= 15 is 0 Å². The molecule has 0 spiro atoms. The molecule has 0 radical (unpaired) electrons. The number of amides is 2. The highest BCUT2D eigenvalue weighted by Crippen LogP contribution is 2.25. The normalized spacial score (nSPS) is 10.2. The minimum absolute atomic E-state index is 0.0487. The van der Waals surface area contributed by atoms with E-state index in [-0.39, 0.29) is 18.4 Å². The van der Waals surface area contributed by atoms with E-state index in [9.17, 15) is 9.59 Å². The molecule has 2 aromatic rings. The molecular formula is C18H19Cl2N3O2. The fourth-order valence-electron chi connectivity index (χ4n) is 2.08. The molecule has 0 heterocycles. The number of carbonyl (C=O) groups is 2. The third-order valence-corrected chi connectivity index (χ3v) is 4.05. The van der Waals surface area contributed by atoms with Gasteiger partial charge in [0, 0.05) is 22.8 Å². The van der Waals surface area contributed by atoms with Crippen LogP contribution in [0, 0.1) is 6.92 Å². The molecular weight excluding hydrogens is 361 g/mol. The van der Waals surface area contributed by atoms with Gasteiger partial charge in [0.05, 0.1) is 17.3 Å². The molecule has 25 heavy (non-hydrogen) atoms. The van der Waals surface area contributed by atoms with Gasteiger partial charge in [0.1, 0.15) is 0 Å². The summed E-state index contributed by atoms with van der Waals surface area (Å²) in [5.41, 5.74) is 2.85. The second-order valence-corrected chi connectivity index (χ2v) is 6.30. The zero-order valence-electron chi connectivity index (χ0n) is 14.0. The lowest BCUT2D eigenvalue weighted by Crippen LogP contribution is -2.22. The van der Waals surface area contributed by atoms with E-state index in [1.165, 1.54) is 0 Å². The third kappa shape index (κ3) is 5.66. The van der Waals surface area contributed by atoms with Crippen LogP contribution in [0.15, 0.2) is 36.4 Å². The molecule has 0 atom stereocenters. The van der Waals surface area contributed by atoms with Crippen LogP contribution in [0.4, 0.5) is 17.1 Å². The maximum absolute atomic E-state index is 12.1. The summed E-state index contributed by atoms with van der Waals surface area (Å²) >= 11 is 11.9. The minimum Gasteiger partial charge on any atom is -0.376 e. The molecule has 2 rings (SSSR count). The molecule has 0 saturated heterocycles. The van der Waals surface area contributed by atoms with Crippen molar-refractivity contribution in [3.05, 3.63) is 52.0 Å². The Morgan fingerprint density at radius 2 is 1.68 bits per heavy atom. The number of anilines is 3. The van der Waals surface area contributed by atoms with Crippen LogP contribution in [0.1, 0.15) is 18.9 Å². The second kappa shape index (κ2) is 8.74. The van der Waals surface area contributed by atoms with Crippen LogP contribution in [0.2, 0.25) is 10.0 Å². The molecule has 0 aromatic heterocycles. The zero-order valence-corrected chi connectivity index (χ0v) is 15.5. The lowest BCUT2D eigenvalue weighted by atomic mass is 10.1. The quantitative estimate of drug-likeness (QED) is 0.680. The smallest absolute Gasteiger partial charge is 0.243 e. The molecule has 5 nitrogen and oxygen atoms in total. The standard InChI is InChI=1S/C18H19Cl2N3O2/c1-3-17(24)22-15-9-13(6-4-11(15)2)21-10-18(25)23-16-8-12(19)5-7-14(16)20/h4-9,21H,3,10H2,1-2H3,(H,22,24)(H,23,25). The van der Waals surface area contributed by atoms with Crippen LogP contribution < -0.4 is 16.0 Å². The van der Waals surface area contributed by atoms with Crippen molar-refractivity contribution in [2.24, 2.45) is 0 Å². The molecule has 0 bridgehead atoms. The monoisotopic (exact) mass is 379 g/mol. The summed E-state index contributed by atoms with van der Waals surface area (Å²) < 4.78 is 0. The highest BCUT2D eigenvalue weighted by Gasteiger charge is 2.08. The molecule has 132 valence electrons. The summed E-state index contributed by atoms with van der Waals surface area (Å²) in [5.74, 6) is -0.322. The lowest BCUT2D eigenvalue weighted by Gasteiger charge is -2.12. The van der Waals surface area contributed by atoms with E-state index in [1.807, 2.05) is 19.1 Å². The first-order valence-electron chi connectivity index (χ1n) is 7.78. The number of halogens is 2. The van der Waals surface area contributed by atoms with Crippen LogP contribution in [0.25, 0.3) is 0 Å². The van der Waals surface area contributed by atoms with E-state index in [0.717, 1.165) is 16.9 Å². The number of hydrogen-bond donors (Lipinski definition) is 3. The number of rotatable bonds is 6. The van der Waals surface area contributed by atoms with Gasteiger partial charge in [-0.15, -0.1) is 0 Å². The van der Waals surface area contributed by atoms with Crippen molar-refractivity contribution < 1.29 is 9.59 Å². The average molecular weight is 380 g/mol. The number of hydrogen-bond acceptors (Lipinski definition) is 3. The van der Waals surface area contributed by atoms with Crippen molar-refractivity contribution >= 4 is 52.1 Å². The summed E-state index contributed by atoms with van der Waals surface area (Å²) in [5, 5.41) is 9.45. The molecule has 0 fully saturated rings. The van der Waals surface area contributed by atoms with Gasteiger partial charge in [0.25, 0.3) is 0 Å². The van der Waals surface area contributed by atoms with Crippen LogP contribution >= 0.6 is 23.2 Å². The van der Waals surface area contributed by atoms with Gasteiger partial charge in [-0.05, 0) is 42.8 Å². The first-order valence-corrected chi connectivity index (χ1v) is 8.54. The maximum atomic E-state index is 12.1. The Bertz CT molecular complexity index is 794. The van der Waals surface area contributed by atoms with Gasteiger partial charge in [0.15, 0.2) is 0 Å². The maximum Gasteiger partial charge on any atom is 0.243 e. The van der Waals surface area contributed by atoms with Crippen LogP contribution in [-0.4, -0.2) is 18.4 Å². The fourth-order valence-corrected chi connectivity index (χ4v) is 2.41. The van der Waals surface area contributed by atoms with Gasteiger partial charge in [-0.1, -0.05) is 36.2 Å². The van der Waals surface area contributed by atoms with Crippen molar-refractivity contribution in [3.8, 4) is 0 Å². The van der Waals surface area contributed by atoms with Crippen molar-refractivity contribution in [2.45, 2.75) is 20.3 Å². The van der Waals surface area contributed by atoms with E-state index in [4.69, 9.17) is 23.2 Å². The van der Waals surface area contributed by atoms with Crippen LogP contribution in [-0.2, 0) is 9.59 Å². The van der Waals surface area contributed by atoms with E-state index in [0.29, 0.717) is 22.2 Å². The highest BCUT2D eigenvalue weighted by molar-refractivity contribution is 6.35. The Labute approximate surface area is 156 Å². The van der Waals surface area contributed by atoms with Gasteiger partial charge in [-0.2, -0.15) is 0 Å². The van der Waals surface area contributed by atoms with Crippen LogP contribution in [0.5, 0.6) is 0 Å². The van der Waals surface area contributed by atoms with Crippen molar-refractivity contribution in [2.75, 3.05) is 22.5 Å². The Balaban J connectivity index is 1.98. The second-order valence-electron chi connectivity index (χ2n) is 5.46. The van der Waals surface area contributed by atoms with Gasteiger partial charge < -0.3 is 16.0 Å². The molecule has 0 aliphatic rings. The Kier molecular flexibility index (Phi) is 6.67. The fraction of sp³-hybridized carbons (Fsp3) is 0.222. The van der Waals surface area contributed by atoms with E-state index in [2.05, 4.69) is 16.0 Å². The highest BCUT2D eigenvalue weighted by atomic mass is 35.5. The van der Waals surface area contributed by atoms with E-state index < -0.39 is 0 Å². The summed E-state index contributed by atoms with van der Waals surface area (Å²) in [6.45, 7) is 3.74. The summed E-state index contributed by atoms with van der Waals surface area (Å²) in [6, 6.07) is 10.4. The first kappa shape index (κ1) is 19.1.